The van der Waals surface area contributed by atoms with Crippen LogP contribution in [-0.2, 0) is 17.9 Å². The zero-order valence-electron chi connectivity index (χ0n) is 11.2. The second-order valence-corrected chi connectivity index (χ2v) is 4.92. The van der Waals surface area contributed by atoms with Crippen molar-refractivity contribution < 1.29 is 14.7 Å². The number of aromatic nitrogens is 3. The highest BCUT2D eigenvalue weighted by Gasteiger charge is 2.17. The van der Waals surface area contributed by atoms with E-state index in [0.717, 1.165) is 25.7 Å². The van der Waals surface area contributed by atoms with E-state index in [1.165, 1.54) is 17.3 Å². The first-order chi connectivity index (χ1) is 9.67. The molecule has 1 aromatic rings. The normalized spacial score (nSPS) is 15.8. The second kappa shape index (κ2) is 6.99. The summed E-state index contributed by atoms with van der Waals surface area (Å²) in [5.41, 5.74) is 0.379. The molecule has 8 nitrogen and oxygen atoms in total. The average molecular weight is 281 g/mol. The van der Waals surface area contributed by atoms with Crippen LogP contribution in [0, 0.1) is 0 Å². The highest BCUT2D eigenvalue weighted by Crippen LogP contribution is 2.17. The summed E-state index contributed by atoms with van der Waals surface area (Å²) < 4.78 is 1.27. The van der Waals surface area contributed by atoms with Gasteiger partial charge in [-0.2, -0.15) is 0 Å². The number of nitrogens with one attached hydrogen (secondary N) is 2. The van der Waals surface area contributed by atoms with Crippen molar-refractivity contribution in [3.63, 3.8) is 0 Å². The number of carbonyl (C=O) groups is 2. The molecule has 1 aliphatic carbocycles. The topological polar surface area (TPSA) is 109 Å². The molecule has 0 saturated heterocycles. The molecule has 0 radical (unpaired) electrons. The molecule has 0 aliphatic heterocycles. The standard InChI is InChI=1S/C12H19N5O3/c18-8-10-6-17(16-15-10)7-11(19)14-12(20)13-9-4-2-1-3-5-9/h6,9,18H,1-5,7-8H2,(H2,13,14,19,20). The fourth-order valence-corrected chi connectivity index (χ4v) is 2.27. The summed E-state index contributed by atoms with van der Waals surface area (Å²) in [6.45, 7) is -0.338. The van der Waals surface area contributed by atoms with E-state index in [1.807, 2.05) is 0 Å². The smallest absolute Gasteiger partial charge is 0.321 e. The van der Waals surface area contributed by atoms with Crippen LogP contribution in [0.5, 0.6) is 0 Å². The Bertz CT molecular complexity index is 467. The molecule has 2 rings (SSSR count). The van der Waals surface area contributed by atoms with Gasteiger partial charge in [-0.05, 0) is 12.8 Å². The number of hydrogen-bond acceptors (Lipinski definition) is 5. The first kappa shape index (κ1) is 14.4. The number of aliphatic hydroxyl groups excluding tert-OH is 1. The third-order valence-electron chi connectivity index (χ3n) is 3.25. The maximum atomic E-state index is 11.6. The molecule has 0 aromatic carbocycles. The van der Waals surface area contributed by atoms with Gasteiger partial charge in [-0.15, -0.1) is 5.10 Å². The Kier molecular flexibility index (Phi) is 5.05. The largest absolute Gasteiger partial charge is 0.390 e. The maximum absolute atomic E-state index is 11.6. The van der Waals surface area contributed by atoms with Gasteiger partial charge in [-0.25, -0.2) is 9.48 Å². The predicted octanol–water partition coefficient (Wildman–Crippen LogP) is -0.0711. The zero-order valence-corrected chi connectivity index (χ0v) is 11.2. The van der Waals surface area contributed by atoms with Gasteiger partial charge in [0.05, 0.1) is 12.8 Å². The Morgan fingerprint density at radius 3 is 2.75 bits per heavy atom. The van der Waals surface area contributed by atoms with Crippen LogP contribution in [0.3, 0.4) is 0 Å². The Labute approximate surface area is 116 Å². The summed E-state index contributed by atoms with van der Waals surface area (Å²) in [5.74, 6) is -0.465. The van der Waals surface area contributed by atoms with Gasteiger partial charge >= 0.3 is 6.03 Å². The van der Waals surface area contributed by atoms with Gasteiger partial charge in [0.2, 0.25) is 5.91 Å². The molecule has 1 aliphatic rings. The monoisotopic (exact) mass is 281 g/mol. The van der Waals surface area contributed by atoms with Crippen LogP contribution < -0.4 is 10.6 Å². The fraction of sp³-hybridized carbons (Fsp3) is 0.667. The lowest BCUT2D eigenvalue weighted by atomic mass is 9.96. The fourth-order valence-electron chi connectivity index (χ4n) is 2.27. The number of urea groups is 1. The Morgan fingerprint density at radius 2 is 2.10 bits per heavy atom. The average Bonchev–Trinajstić information content (AvgIpc) is 2.87. The molecule has 8 heteroatoms. The first-order valence-corrected chi connectivity index (χ1v) is 6.77. The number of carbonyl (C=O) groups excluding carboxylic acids is 2. The van der Waals surface area contributed by atoms with Crippen molar-refractivity contribution in [2.75, 3.05) is 0 Å². The number of nitrogens with zero attached hydrogens (tertiary/aromatic N) is 3. The maximum Gasteiger partial charge on any atom is 0.321 e. The van der Waals surface area contributed by atoms with Crippen LogP contribution in [0.25, 0.3) is 0 Å². The SMILES string of the molecule is O=C(Cn1cc(CO)nn1)NC(=O)NC1CCCCC1. The molecule has 3 amide bonds. The molecule has 110 valence electrons. The summed E-state index contributed by atoms with van der Waals surface area (Å²) in [7, 11) is 0. The third kappa shape index (κ3) is 4.30. The summed E-state index contributed by atoms with van der Waals surface area (Å²) in [6.07, 6.45) is 6.81. The minimum absolute atomic E-state index is 0.106. The van der Waals surface area contributed by atoms with E-state index in [-0.39, 0.29) is 19.2 Å². The van der Waals surface area contributed by atoms with E-state index in [2.05, 4.69) is 20.9 Å². The van der Waals surface area contributed by atoms with E-state index >= 15 is 0 Å². The zero-order chi connectivity index (χ0) is 14.4. The molecule has 20 heavy (non-hydrogen) atoms. The number of hydrogen-bond donors (Lipinski definition) is 3. The molecule has 1 heterocycles. The van der Waals surface area contributed by atoms with E-state index < -0.39 is 11.9 Å². The van der Waals surface area contributed by atoms with Crippen molar-refractivity contribution in [2.45, 2.75) is 51.3 Å². The predicted molar refractivity (Wildman–Crippen MR) is 69.5 cm³/mol. The molecular formula is C12H19N5O3. The molecule has 1 aromatic heterocycles. The van der Waals surface area contributed by atoms with Crippen LogP contribution in [0.1, 0.15) is 37.8 Å². The quantitative estimate of drug-likeness (QED) is 0.715. The number of imide groups is 1. The van der Waals surface area contributed by atoms with Crippen LogP contribution >= 0.6 is 0 Å². The summed E-state index contributed by atoms with van der Waals surface area (Å²) in [5, 5.41) is 21.2. The molecule has 0 unspecified atom stereocenters. The van der Waals surface area contributed by atoms with E-state index in [0.29, 0.717) is 5.69 Å². The van der Waals surface area contributed by atoms with Crippen LogP contribution in [0.4, 0.5) is 4.79 Å². The summed E-state index contributed by atoms with van der Waals surface area (Å²) >= 11 is 0. The van der Waals surface area contributed by atoms with Gasteiger partial charge in [0, 0.05) is 6.04 Å². The van der Waals surface area contributed by atoms with Crippen molar-refractivity contribution in [1.29, 1.82) is 0 Å². The van der Waals surface area contributed by atoms with Gasteiger partial charge in [-0.1, -0.05) is 24.5 Å². The van der Waals surface area contributed by atoms with Crippen LogP contribution in [0.2, 0.25) is 0 Å². The van der Waals surface area contributed by atoms with Gasteiger partial charge in [0.25, 0.3) is 0 Å². The van der Waals surface area contributed by atoms with Gasteiger partial charge in [-0.3, -0.25) is 10.1 Å². The molecule has 0 spiro atoms. The van der Waals surface area contributed by atoms with E-state index in [1.54, 1.807) is 0 Å². The van der Waals surface area contributed by atoms with E-state index in [4.69, 9.17) is 5.11 Å². The van der Waals surface area contributed by atoms with E-state index in [9.17, 15) is 9.59 Å². The lowest BCUT2D eigenvalue weighted by Crippen LogP contribution is -2.46. The highest BCUT2D eigenvalue weighted by atomic mass is 16.3. The molecular weight excluding hydrogens is 262 g/mol. The second-order valence-electron chi connectivity index (χ2n) is 4.92. The van der Waals surface area contributed by atoms with Crippen molar-refractivity contribution in [3.8, 4) is 0 Å². The molecule has 1 fully saturated rings. The molecule has 1 saturated carbocycles. The highest BCUT2D eigenvalue weighted by molar-refractivity contribution is 5.94. The number of aliphatic hydroxyl groups is 1. The minimum Gasteiger partial charge on any atom is -0.390 e. The lowest BCUT2D eigenvalue weighted by Gasteiger charge is -2.22. The molecule has 0 atom stereocenters. The minimum atomic E-state index is -0.468. The van der Waals surface area contributed by atoms with Crippen LogP contribution in [-0.4, -0.2) is 38.1 Å². The van der Waals surface area contributed by atoms with Crippen LogP contribution in [0.15, 0.2) is 6.20 Å². The summed E-state index contributed by atoms with van der Waals surface area (Å²) in [6, 6.07) is -0.312. The lowest BCUT2D eigenvalue weighted by molar-refractivity contribution is -0.120. The van der Waals surface area contributed by atoms with Crippen molar-refractivity contribution in [1.82, 2.24) is 25.6 Å². The van der Waals surface area contributed by atoms with Crippen molar-refractivity contribution in [2.24, 2.45) is 0 Å². The van der Waals surface area contributed by atoms with Crippen molar-refractivity contribution in [3.05, 3.63) is 11.9 Å². The third-order valence-corrected chi connectivity index (χ3v) is 3.25. The Morgan fingerprint density at radius 1 is 1.35 bits per heavy atom. The molecule has 0 bridgehead atoms. The number of rotatable bonds is 4. The van der Waals surface area contributed by atoms with Crippen molar-refractivity contribution >= 4 is 11.9 Å². The van der Waals surface area contributed by atoms with Gasteiger partial charge in [0.15, 0.2) is 0 Å². The van der Waals surface area contributed by atoms with Gasteiger partial charge < -0.3 is 10.4 Å². The Balaban J connectivity index is 1.74. The Hall–Kier alpha value is -1.96. The van der Waals surface area contributed by atoms with Gasteiger partial charge in [0.1, 0.15) is 12.2 Å². The summed E-state index contributed by atoms with van der Waals surface area (Å²) in [4.78, 5) is 23.3. The first-order valence-electron chi connectivity index (χ1n) is 6.77. The number of amides is 3. The molecule has 3 N–H and O–H groups in total.